The highest BCUT2D eigenvalue weighted by molar-refractivity contribution is 5.98. The monoisotopic (exact) mass is 336 g/mol. The number of hydrogen-bond donors (Lipinski definition) is 0. The number of ketones is 1. The van der Waals surface area contributed by atoms with Gasteiger partial charge in [0.2, 0.25) is 0 Å². The van der Waals surface area contributed by atoms with E-state index in [0.29, 0.717) is 16.8 Å². The quantitative estimate of drug-likeness (QED) is 0.849. The van der Waals surface area contributed by atoms with Crippen molar-refractivity contribution in [2.75, 3.05) is 7.11 Å². The van der Waals surface area contributed by atoms with E-state index in [1.165, 1.54) is 19.2 Å². The maximum atomic E-state index is 13.8. The van der Waals surface area contributed by atoms with Crippen LogP contribution in [-0.2, 0) is 9.53 Å². The van der Waals surface area contributed by atoms with E-state index < -0.39 is 6.10 Å². The number of rotatable bonds is 3. The van der Waals surface area contributed by atoms with Crippen LogP contribution in [0.15, 0.2) is 53.4 Å². The summed E-state index contributed by atoms with van der Waals surface area (Å²) in [5.41, 5.74) is 3.49. The van der Waals surface area contributed by atoms with Crippen LogP contribution in [0.2, 0.25) is 0 Å². The van der Waals surface area contributed by atoms with Gasteiger partial charge in [0.1, 0.15) is 23.7 Å². The lowest BCUT2D eigenvalue weighted by molar-refractivity contribution is -0.125. The average Bonchev–Trinajstić information content (AvgIpc) is 3.44. The Bertz CT molecular complexity index is 887. The van der Waals surface area contributed by atoms with Gasteiger partial charge < -0.3 is 9.64 Å². The Morgan fingerprint density at radius 2 is 2.16 bits per heavy atom. The summed E-state index contributed by atoms with van der Waals surface area (Å²) in [6.07, 6.45) is 5.31. The maximum absolute atomic E-state index is 13.8. The molecule has 1 aliphatic heterocycles. The van der Waals surface area contributed by atoms with E-state index >= 15 is 0 Å². The van der Waals surface area contributed by atoms with Gasteiger partial charge in [-0.3, -0.25) is 4.79 Å². The molecule has 0 N–H and O–H groups in total. The number of fused-ring (bicyclic) bond motifs is 1. The first kappa shape index (κ1) is 15.8. The normalized spacial score (nSPS) is 23.0. The third-order valence-corrected chi connectivity index (χ3v) is 4.82. The van der Waals surface area contributed by atoms with Gasteiger partial charge in [-0.05, 0) is 47.8 Å². The Morgan fingerprint density at radius 1 is 1.36 bits per heavy atom. The molecule has 0 amide bonds. The number of halogens is 1. The Labute approximate surface area is 145 Å². The first-order chi connectivity index (χ1) is 12.1. The zero-order valence-corrected chi connectivity index (χ0v) is 13.8. The van der Waals surface area contributed by atoms with Crippen molar-refractivity contribution in [1.29, 1.82) is 5.26 Å². The lowest BCUT2D eigenvalue weighted by Crippen LogP contribution is -2.31. The average molecular weight is 336 g/mol. The van der Waals surface area contributed by atoms with Gasteiger partial charge in [0.25, 0.3) is 0 Å². The van der Waals surface area contributed by atoms with E-state index in [1.54, 1.807) is 18.2 Å². The minimum atomic E-state index is -0.636. The molecule has 4 rings (SSSR count). The smallest absolute Gasteiger partial charge is 0.169 e. The Morgan fingerprint density at radius 3 is 2.80 bits per heavy atom. The molecule has 1 heterocycles. The molecule has 25 heavy (non-hydrogen) atoms. The number of ether oxygens (including phenoxy) is 1. The summed E-state index contributed by atoms with van der Waals surface area (Å²) in [6, 6.07) is 8.81. The lowest BCUT2D eigenvalue weighted by Gasteiger charge is -2.33. The van der Waals surface area contributed by atoms with Gasteiger partial charge in [0, 0.05) is 31.3 Å². The van der Waals surface area contributed by atoms with Gasteiger partial charge in [-0.1, -0.05) is 12.1 Å². The number of benzene rings is 1. The molecule has 1 atom stereocenters. The van der Waals surface area contributed by atoms with E-state index in [1.807, 2.05) is 11.1 Å². The molecule has 126 valence electrons. The summed E-state index contributed by atoms with van der Waals surface area (Å²) >= 11 is 0. The minimum absolute atomic E-state index is 0.00718. The van der Waals surface area contributed by atoms with Gasteiger partial charge in [-0.25, -0.2) is 4.39 Å². The Hall–Kier alpha value is -2.71. The number of nitrogens with zero attached hydrogens (tertiary/aromatic N) is 2. The number of carbonyl (C=O) groups is 1. The third-order valence-electron chi connectivity index (χ3n) is 4.82. The molecule has 0 bridgehead atoms. The molecule has 0 radical (unpaired) electrons. The van der Waals surface area contributed by atoms with Gasteiger partial charge in [-0.2, -0.15) is 5.26 Å². The molecule has 1 aromatic rings. The number of carbonyl (C=O) groups excluding carboxylic acids is 1. The molecule has 1 fully saturated rings. The van der Waals surface area contributed by atoms with E-state index in [-0.39, 0.29) is 24.1 Å². The second-order valence-corrected chi connectivity index (χ2v) is 6.52. The van der Waals surface area contributed by atoms with Crippen molar-refractivity contribution in [2.45, 2.75) is 31.4 Å². The van der Waals surface area contributed by atoms with Crippen LogP contribution in [0.25, 0.3) is 5.57 Å². The largest absolute Gasteiger partial charge is 0.370 e. The Kier molecular flexibility index (Phi) is 3.78. The number of allylic oxidation sites excluding steroid dienone is 4. The molecule has 5 heteroatoms. The SMILES string of the molecule is COC1C=C2C(=CN(C3CC3)C(C#N)=C2c2cccc(F)c2)CC1=O. The zero-order chi connectivity index (χ0) is 17.6. The second kappa shape index (κ2) is 5.98. The van der Waals surface area contributed by atoms with Gasteiger partial charge >= 0.3 is 0 Å². The maximum Gasteiger partial charge on any atom is 0.169 e. The molecule has 3 aliphatic rings. The van der Waals surface area contributed by atoms with E-state index in [0.717, 1.165) is 24.0 Å². The molecule has 1 saturated carbocycles. The van der Waals surface area contributed by atoms with Crippen LogP contribution in [-0.4, -0.2) is 29.9 Å². The zero-order valence-electron chi connectivity index (χ0n) is 13.8. The molecule has 0 spiro atoms. The van der Waals surface area contributed by atoms with Crippen LogP contribution >= 0.6 is 0 Å². The first-order valence-corrected chi connectivity index (χ1v) is 8.29. The fourth-order valence-electron chi connectivity index (χ4n) is 3.47. The van der Waals surface area contributed by atoms with Crippen molar-refractivity contribution in [1.82, 2.24) is 4.90 Å². The van der Waals surface area contributed by atoms with Crippen molar-refractivity contribution in [3.05, 3.63) is 64.8 Å². The van der Waals surface area contributed by atoms with Crippen LogP contribution in [0.4, 0.5) is 4.39 Å². The molecular formula is C20H17FN2O2. The molecule has 0 saturated heterocycles. The van der Waals surface area contributed by atoms with E-state index in [4.69, 9.17) is 4.74 Å². The number of hydrogen-bond acceptors (Lipinski definition) is 4. The molecule has 0 aromatic heterocycles. The van der Waals surface area contributed by atoms with Crippen LogP contribution in [0.5, 0.6) is 0 Å². The molecular weight excluding hydrogens is 319 g/mol. The number of methoxy groups -OCH3 is 1. The molecule has 1 aromatic carbocycles. The predicted octanol–water partition coefficient (Wildman–Crippen LogP) is 3.34. The summed E-state index contributed by atoms with van der Waals surface area (Å²) in [5.74, 6) is -0.362. The predicted molar refractivity (Wildman–Crippen MR) is 90.4 cm³/mol. The standard InChI is InChI=1S/C20H17FN2O2/c1-25-19-9-16-13(8-18(19)24)11-23(15-5-6-15)17(10-22)20(16)12-3-2-4-14(21)7-12/h2-4,7,9,11,15,19H,5-6,8H2,1H3. The van der Waals surface area contributed by atoms with Gasteiger partial charge in [-0.15, -0.1) is 0 Å². The van der Waals surface area contributed by atoms with Crippen molar-refractivity contribution in [2.24, 2.45) is 0 Å². The van der Waals surface area contributed by atoms with Gasteiger partial charge in [0.05, 0.1) is 0 Å². The number of Topliss-reactive ketones (excluding diaryl/α,β-unsaturated/α-hetero) is 1. The molecule has 4 nitrogen and oxygen atoms in total. The van der Waals surface area contributed by atoms with Crippen molar-refractivity contribution in [3.8, 4) is 6.07 Å². The van der Waals surface area contributed by atoms with Crippen LogP contribution < -0.4 is 0 Å². The fourth-order valence-corrected chi connectivity index (χ4v) is 3.47. The van der Waals surface area contributed by atoms with Crippen LogP contribution in [0, 0.1) is 17.1 Å². The highest BCUT2D eigenvalue weighted by Gasteiger charge is 2.38. The molecule has 2 aliphatic carbocycles. The molecule has 1 unspecified atom stereocenters. The highest BCUT2D eigenvalue weighted by Crippen LogP contribution is 2.44. The summed E-state index contributed by atoms with van der Waals surface area (Å²) in [5, 5.41) is 9.81. The minimum Gasteiger partial charge on any atom is -0.370 e. The van der Waals surface area contributed by atoms with Gasteiger partial charge in [0.15, 0.2) is 5.78 Å². The third kappa shape index (κ3) is 2.69. The first-order valence-electron chi connectivity index (χ1n) is 8.29. The van der Waals surface area contributed by atoms with Crippen molar-refractivity contribution in [3.63, 3.8) is 0 Å². The number of nitriles is 1. The topological polar surface area (TPSA) is 53.3 Å². The van der Waals surface area contributed by atoms with Crippen LogP contribution in [0.3, 0.4) is 0 Å². The summed E-state index contributed by atoms with van der Waals surface area (Å²) in [7, 11) is 1.49. The summed E-state index contributed by atoms with van der Waals surface area (Å²) in [6.45, 7) is 0. The fraction of sp³-hybridized carbons (Fsp3) is 0.300. The summed E-state index contributed by atoms with van der Waals surface area (Å²) in [4.78, 5) is 14.2. The highest BCUT2D eigenvalue weighted by atomic mass is 19.1. The van der Waals surface area contributed by atoms with Crippen LogP contribution in [0.1, 0.15) is 24.8 Å². The van der Waals surface area contributed by atoms with Crippen molar-refractivity contribution >= 4 is 11.4 Å². The Balaban J connectivity index is 1.94. The lowest BCUT2D eigenvalue weighted by atomic mass is 9.81. The van der Waals surface area contributed by atoms with Crippen molar-refractivity contribution < 1.29 is 13.9 Å². The second-order valence-electron chi connectivity index (χ2n) is 6.52. The van der Waals surface area contributed by atoms with E-state index in [2.05, 4.69) is 6.07 Å². The van der Waals surface area contributed by atoms with E-state index in [9.17, 15) is 14.4 Å². The summed E-state index contributed by atoms with van der Waals surface area (Å²) < 4.78 is 19.1.